The molecule has 0 aliphatic carbocycles. The van der Waals surface area contributed by atoms with E-state index in [0.29, 0.717) is 11.3 Å². The molecule has 2 aromatic rings. The first-order valence-corrected chi connectivity index (χ1v) is 7.62. The monoisotopic (exact) mass is 339 g/mol. The Balaban J connectivity index is 1.93. The number of nitrogens with zero attached hydrogens (tertiary/aromatic N) is 2. The summed E-state index contributed by atoms with van der Waals surface area (Å²) >= 11 is 0. The molecule has 1 aliphatic rings. The van der Waals surface area contributed by atoms with Gasteiger partial charge in [-0.1, -0.05) is 0 Å². The number of aromatic nitrogens is 2. The maximum atomic E-state index is 12.9. The molecule has 0 saturated carbocycles. The number of nitrogens with one attached hydrogen (secondary N) is 1. The lowest BCUT2D eigenvalue weighted by atomic mass is 9.97. The minimum atomic E-state index is -4.34. The zero-order chi connectivity index (χ0) is 17.5. The largest absolute Gasteiger partial charge is 0.393 e. The van der Waals surface area contributed by atoms with Crippen LogP contribution in [0.25, 0.3) is 11.0 Å². The molecule has 3 rings (SSSR count). The van der Waals surface area contributed by atoms with Crippen LogP contribution in [0.15, 0.2) is 23.1 Å². The van der Waals surface area contributed by atoms with E-state index in [0.717, 1.165) is 4.90 Å². The first-order chi connectivity index (χ1) is 11.3. The van der Waals surface area contributed by atoms with Gasteiger partial charge in [0.25, 0.3) is 5.91 Å². The molecule has 5 nitrogen and oxygen atoms in total. The molecule has 24 heavy (non-hydrogen) atoms. The summed E-state index contributed by atoms with van der Waals surface area (Å²) in [5, 5.41) is 0.246. The molecular weight excluding hydrogens is 323 g/mol. The number of likely N-dealkylation sites (tertiary alicyclic amines) is 1. The van der Waals surface area contributed by atoms with Crippen LogP contribution < -0.4 is 5.43 Å². The number of piperidine rings is 1. The Morgan fingerprint density at radius 3 is 2.83 bits per heavy atom. The number of hydrogen-bond acceptors (Lipinski definition) is 3. The quantitative estimate of drug-likeness (QED) is 0.869. The van der Waals surface area contributed by atoms with Crippen molar-refractivity contribution < 1.29 is 18.0 Å². The summed E-state index contributed by atoms with van der Waals surface area (Å²) in [5.41, 5.74) is 0.385. The molecule has 1 amide bonds. The van der Waals surface area contributed by atoms with Gasteiger partial charge in [0.15, 0.2) is 0 Å². The van der Waals surface area contributed by atoms with E-state index >= 15 is 0 Å². The number of H-pyrrole nitrogens is 1. The summed E-state index contributed by atoms with van der Waals surface area (Å²) in [6.45, 7) is 1.57. The minimum absolute atomic E-state index is 0.00452. The molecule has 0 unspecified atom stereocenters. The molecule has 0 radical (unpaired) electrons. The van der Waals surface area contributed by atoms with Crippen molar-refractivity contribution >= 4 is 16.9 Å². The summed E-state index contributed by atoms with van der Waals surface area (Å²) in [6.07, 6.45) is -2.83. The van der Waals surface area contributed by atoms with Crippen LogP contribution in [0.2, 0.25) is 0 Å². The standard InChI is InChI=1S/C16H16F3N3O2/c1-9-4-5-11-13(23)12(7-20-14(11)21-9)15(24)22-6-2-3-10(8-22)16(17,18)19/h4-5,7,10H,2-3,6,8H2,1H3,(H,20,21,23)/t10-/m1/s1. The van der Waals surface area contributed by atoms with Crippen LogP contribution >= 0.6 is 0 Å². The number of carbonyl (C=O) groups is 1. The molecule has 1 atom stereocenters. The van der Waals surface area contributed by atoms with E-state index in [9.17, 15) is 22.8 Å². The second-order valence-electron chi connectivity index (χ2n) is 6.01. The van der Waals surface area contributed by atoms with Crippen molar-refractivity contribution in [3.63, 3.8) is 0 Å². The van der Waals surface area contributed by atoms with Crippen molar-refractivity contribution in [1.29, 1.82) is 0 Å². The van der Waals surface area contributed by atoms with Crippen molar-refractivity contribution in [2.45, 2.75) is 25.9 Å². The van der Waals surface area contributed by atoms with Crippen LogP contribution in [0, 0.1) is 12.8 Å². The number of fused-ring (bicyclic) bond motifs is 1. The highest BCUT2D eigenvalue weighted by molar-refractivity contribution is 5.96. The summed E-state index contributed by atoms with van der Waals surface area (Å²) in [5.74, 6) is -2.22. The number of rotatable bonds is 1. The first kappa shape index (κ1) is 16.5. The van der Waals surface area contributed by atoms with E-state index in [1.807, 2.05) is 0 Å². The predicted octanol–water partition coefficient (Wildman–Crippen LogP) is 2.65. The van der Waals surface area contributed by atoms with Crippen molar-refractivity contribution in [3.8, 4) is 0 Å². The number of pyridine rings is 2. The van der Waals surface area contributed by atoms with Gasteiger partial charge in [-0.3, -0.25) is 9.59 Å². The number of aryl methyl sites for hydroxylation is 1. The highest BCUT2D eigenvalue weighted by Crippen LogP contribution is 2.33. The SMILES string of the molecule is Cc1ccc2c(=O)c(C(=O)N3CCC[C@@H](C(F)(F)F)C3)c[nH]c2n1. The van der Waals surface area contributed by atoms with Crippen LogP contribution in [0.5, 0.6) is 0 Å². The normalized spacial score (nSPS) is 18.8. The Morgan fingerprint density at radius 2 is 2.12 bits per heavy atom. The fraction of sp³-hybridized carbons (Fsp3) is 0.438. The van der Waals surface area contributed by atoms with Crippen molar-refractivity contribution in [2.75, 3.05) is 13.1 Å². The molecule has 1 aliphatic heterocycles. The number of aromatic amines is 1. The molecule has 0 bridgehead atoms. The van der Waals surface area contributed by atoms with Gasteiger partial charge in [-0.25, -0.2) is 4.98 Å². The topological polar surface area (TPSA) is 66.1 Å². The van der Waals surface area contributed by atoms with Gasteiger partial charge in [0.2, 0.25) is 5.43 Å². The van der Waals surface area contributed by atoms with Crippen molar-refractivity contribution in [2.24, 2.45) is 5.92 Å². The molecule has 2 aromatic heterocycles. The van der Waals surface area contributed by atoms with Gasteiger partial charge in [-0.2, -0.15) is 13.2 Å². The maximum absolute atomic E-state index is 12.9. The zero-order valence-electron chi connectivity index (χ0n) is 13.0. The average Bonchev–Trinajstić information content (AvgIpc) is 2.54. The Labute approximate surface area is 135 Å². The van der Waals surface area contributed by atoms with E-state index in [4.69, 9.17) is 0 Å². The van der Waals surface area contributed by atoms with Crippen LogP contribution in [-0.4, -0.2) is 40.0 Å². The Morgan fingerprint density at radius 1 is 1.38 bits per heavy atom. The third-order valence-corrected chi connectivity index (χ3v) is 4.28. The van der Waals surface area contributed by atoms with E-state index in [1.54, 1.807) is 19.1 Å². The third-order valence-electron chi connectivity index (χ3n) is 4.28. The van der Waals surface area contributed by atoms with Gasteiger partial charge >= 0.3 is 6.18 Å². The lowest BCUT2D eigenvalue weighted by molar-refractivity contribution is -0.184. The number of amides is 1. The fourth-order valence-corrected chi connectivity index (χ4v) is 2.96. The fourth-order valence-electron chi connectivity index (χ4n) is 2.96. The van der Waals surface area contributed by atoms with Gasteiger partial charge in [0.1, 0.15) is 11.2 Å². The van der Waals surface area contributed by atoms with Gasteiger partial charge < -0.3 is 9.88 Å². The number of carbonyl (C=O) groups excluding carboxylic acids is 1. The lowest BCUT2D eigenvalue weighted by Gasteiger charge is -2.33. The molecule has 1 saturated heterocycles. The Hall–Kier alpha value is -2.38. The lowest BCUT2D eigenvalue weighted by Crippen LogP contribution is -2.45. The summed E-state index contributed by atoms with van der Waals surface area (Å²) in [7, 11) is 0. The molecule has 1 fully saturated rings. The average molecular weight is 339 g/mol. The number of alkyl halides is 3. The van der Waals surface area contributed by atoms with Gasteiger partial charge in [0.05, 0.1) is 11.3 Å². The Kier molecular flexibility index (Phi) is 4.06. The third kappa shape index (κ3) is 3.00. The number of hydrogen-bond donors (Lipinski definition) is 1. The molecule has 0 spiro atoms. The van der Waals surface area contributed by atoms with Crippen LogP contribution in [0.4, 0.5) is 13.2 Å². The molecular formula is C16H16F3N3O2. The van der Waals surface area contributed by atoms with Crippen LogP contribution in [0.1, 0.15) is 28.9 Å². The van der Waals surface area contributed by atoms with Gasteiger partial charge in [-0.05, 0) is 31.9 Å². The number of halogens is 3. The highest BCUT2D eigenvalue weighted by Gasteiger charge is 2.43. The Bertz CT molecular complexity index is 845. The van der Waals surface area contributed by atoms with Crippen LogP contribution in [-0.2, 0) is 0 Å². The molecule has 8 heteroatoms. The van der Waals surface area contributed by atoms with Crippen molar-refractivity contribution in [1.82, 2.24) is 14.9 Å². The molecule has 128 valence electrons. The van der Waals surface area contributed by atoms with E-state index in [1.165, 1.54) is 6.20 Å². The minimum Gasteiger partial charge on any atom is -0.345 e. The van der Waals surface area contributed by atoms with Gasteiger partial charge in [0, 0.05) is 25.0 Å². The van der Waals surface area contributed by atoms with E-state index in [-0.39, 0.29) is 30.3 Å². The van der Waals surface area contributed by atoms with Gasteiger partial charge in [-0.15, -0.1) is 0 Å². The molecule has 0 aromatic carbocycles. The van der Waals surface area contributed by atoms with E-state index in [2.05, 4.69) is 9.97 Å². The maximum Gasteiger partial charge on any atom is 0.393 e. The van der Waals surface area contributed by atoms with E-state index < -0.39 is 30.0 Å². The molecule has 3 heterocycles. The summed E-state index contributed by atoms with van der Waals surface area (Å²) in [6, 6.07) is 3.20. The molecule has 1 N–H and O–H groups in total. The highest BCUT2D eigenvalue weighted by atomic mass is 19.4. The smallest absolute Gasteiger partial charge is 0.345 e. The summed E-state index contributed by atoms with van der Waals surface area (Å²) < 4.78 is 38.7. The second-order valence-corrected chi connectivity index (χ2v) is 6.01. The first-order valence-electron chi connectivity index (χ1n) is 7.62. The predicted molar refractivity (Wildman–Crippen MR) is 81.8 cm³/mol. The van der Waals surface area contributed by atoms with Crippen LogP contribution in [0.3, 0.4) is 0 Å². The summed E-state index contributed by atoms with van der Waals surface area (Å²) in [4.78, 5) is 33.1. The zero-order valence-corrected chi connectivity index (χ0v) is 13.0. The van der Waals surface area contributed by atoms with Crippen molar-refractivity contribution in [3.05, 3.63) is 39.8 Å². The second kappa shape index (κ2) is 5.92.